The second-order valence-corrected chi connectivity index (χ2v) is 5.52. The molecule has 0 rings (SSSR count). The maximum Gasteiger partial charge on any atom is 0.155 e. The van der Waals surface area contributed by atoms with E-state index in [1.165, 1.54) is 0 Å². The minimum Gasteiger partial charge on any atom is -0.297 e. The first kappa shape index (κ1) is 14.6. The molecule has 0 spiro atoms. The van der Waals surface area contributed by atoms with Crippen LogP contribution in [0, 0.1) is 11.3 Å². The highest BCUT2D eigenvalue weighted by molar-refractivity contribution is 5.88. The number of ketones is 1. The normalized spacial score (nSPS) is 14.7. The van der Waals surface area contributed by atoms with Crippen LogP contribution in [-0.2, 0) is 4.79 Å². The van der Waals surface area contributed by atoms with Gasteiger partial charge in [-0.1, -0.05) is 48.5 Å². The zero-order valence-corrected chi connectivity index (χ0v) is 11.4. The summed E-state index contributed by atoms with van der Waals surface area (Å²) in [5.41, 5.74) is -0.239. The molecule has 0 radical (unpaired) electrons. The van der Waals surface area contributed by atoms with E-state index in [9.17, 15) is 4.79 Å². The summed E-state index contributed by atoms with van der Waals surface area (Å²) in [6, 6.07) is 0.0694. The van der Waals surface area contributed by atoms with Crippen LogP contribution < -0.4 is 0 Å². The van der Waals surface area contributed by atoms with Gasteiger partial charge in [-0.2, -0.15) is 0 Å². The van der Waals surface area contributed by atoms with Gasteiger partial charge in [0, 0.05) is 5.41 Å². The van der Waals surface area contributed by atoms with Crippen molar-refractivity contribution in [2.75, 3.05) is 13.1 Å². The molecule has 0 N–H and O–H groups in total. The standard InChI is InChI=1S/C13H27NO/c1-8-14(9-2)11(10(3)4)12(15)13(5,6)7/h10-11H,8-9H2,1-7H3. The van der Waals surface area contributed by atoms with Crippen LogP contribution in [0.15, 0.2) is 0 Å². The Balaban J connectivity index is 4.89. The van der Waals surface area contributed by atoms with Crippen molar-refractivity contribution in [2.45, 2.75) is 54.5 Å². The van der Waals surface area contributed by atoms with Gasteiger partial charge in [-0.05, 0) is 19.0 Å². The van der Waals surface area contributed by atoms with E-state index in [1.807, 2.05) is 20.8 Å². The van der Waals surface area contributed by atoms with Crippen molar-refractivity contribution in [2.24, 2.45) is 11.3 Å². The van der Waals surface area contributed by atoms with Crippen molar-refractivity contribution in [1.82, 2.24) is 4.90 Å². The Kier molecular flexibility index (Phi) is 5.50. The average Bonchev–Trinajstić information content (AvgIpc) is 2.10. The summed E-state index contributed by atoms with van der Waals surface area (Å²) >= 11 is 0. The van der Waals surface area contributed by atoms with Crippen LogP contribution in [0.4, 0.5) is 0 Å². The molecule has 0 aliphatic carbocycles. The number of likely N-dealkylation sites (N-methyl/N-ethyl adjacent to an activating group) is 1. The Bertz CT molecular complexity index is 199. The first-order valence-electron chi connectivity index (χ1n) is 6.04. The van der Waals surface area contributed by atoms with E-state index in [0.717, 1.165) is 13.1 Å². The molecule has 2 nitrogen and oxygen atoms in total. The molecule has 0 aliphatic heterocycles. The Hall–Kier alpha value is -0.370. The third-order valence-corrected chi connectivity index (χ3v) is 2.85. The molecular weight excluding hydrogens is 186 g/mol. The van der Waals surface area contributed by atoms with Crippen molar-refractivity contribution >= 4 is 5.78 Å². The zero-order chi connectivity index (χ0) is 12.2. The summed E-state index contributed by atoms with van der Waals surface area (Å²) < 4.78 is 0. The lowest BCUT2D eigenvalue weighted by Crippen LogP contribution is -2.48. The van der Waals surface area contributed by atoms with E-state index in [0.29, 0.717) is 11.7 Å². The first-order chi connectivity index (χ1) is 6.75. The third kappa shape index (κ3) is 3.94. The van der Waals surface area contributed by atoms with Crippen LogP contribution in [0.2, 0.25) is 0 Å². The largest absolute Gasteiger partial charge is 0.297 e. The Morgan fingerprint density at radius 3 is 1.73 bits per heavy atom. The molecule has 90 valence electrons. The zero-order valence-electron chi connectivity index (χ0n) is 11.4. The van der Waals surface area contributed by atoms with Crippen LogP contribution >= 0.6 is 0 Å². The van der Waals surface area contributed by atoms with E-state index < -0.39 is 0 Å². The van der Waals surface area contributed by atoms with Gasteiger partial charge in [0.05, 0.1) is 6.04 Å². The summed E-state index contributed by atoms with van der Waals surface area (Å²) in [5, 5.41) is 0. The lowest BCUT2D eigenvalue weighted by molar-refractivity contribution is -0.133. The number of carbonyl (C=O) groups is 1. The van der Waals surface area contributed by atoms with Crippen molar-refractivity contribution in [1.29, 1.82) is 0 Å². The molecule has 0 aromatic heterocycles. The smallest absolute Gasteiger partial charge is 0.155 e. The second kappa shape index (κ2) is 5.64. The monoisotopic (exact) mass is 213 g/mol. The fourth-order valence-corrected chi connectivity index (χ4v) is 1.95. The highest BCUT2D eigenvalue weighted by Gasteiger charge is 2.34. The maximum atomic E-state index is 12.3. The fraction of sp³-hybridized carbons (Fsp3) is 0.923. The summed E-state index contributed by atoms with van der Waals surface area (Å²) in [7, 11) is 0. The SMILES string of the molecule is CCN(CC)C(C(=O)C(C)(C)C)C(C)C. The van der Waals surface area contributed by atoms with E-state index in [4.69, 9.17) is 0 Å². The number of hydrogen-bond acceptors (Lipinski definition) is 2. The fourth-order valence-electron chi connectivity index (χ4n) is 1.95. The molecule has 0 bridgehead atoms. The molecule has 0 heterocycles. The third-order valence-electron chi connectivity index (χ3n) is 2.85. The lowest BCUT2D eigenvalue weighted by atomic mass is 9.81. The van der Waals surface area contributed by atoms with Gasteiger partial charge < -0.3 is 0 Å². The first-order valence-corrected chi connectivity index (χ1v) is 6.04. The average molecular weight is 213 g/mol. The van der Waals surface area contributed by atoms with Gasteiger partial charge in [-0.15, -0.1) is 0 Å². The molecule has 0 amide bonds. The molecule has 0 saturated carbocycles. The number of Topliss-reactive ketones (excluding diaryl/α,β-unsaturated/α-hetero) is 1. The number of hydrogen-bond donors (Lipinski definition) is 0. The second-order valence-electron chi connectivity index (χ2n) is 5.52. The topological polar surface area (TPSA) is 20.3 Å². The van der Waals surface area contributed by atoms with Gasteiger partial charge in [-0.25, -0.2) is 0 Å². The Morgan fingerprint density at radius 2 is 1.53 bits per heavy atom. The van der Waals surface area contributed by atoms with Crippen molar-refractivity contribution in [3.8, 4) is 0 Å². The number of carbonyl (C=O) groups excluding carboxylic acids is 1. The molecule has 1 unspecified atom stereocenters. The van der Waals surface area contributed by atoms with Gasteiger partial charge in [0.25, 0.3) is 0 Å². The predicted octanol–water partition coefficient (Wildman–Crippen LogP) is 2.97. The summed E-state index contributed by atoms with van der Waals surface area (Å²) in [5.74, 6) is 0.748. The van der Waals surface area contributed by atoms with Gasteiger partial charge in [0.15, 0.2) is 5.78 Å². The Labute approximate surface area is 95.0 Å². The highest BCUT2D eigenvalue weighted by atomic mass is 16.1. The van der Waals surface area contributed by atoms with E-state index in [-0.39, 0.29) is 11.5 Å². The molecule has 0 saturated heterocycles. The Morgan fingerprint density at radius 1 is 1.13 bits per heavy atom. The van der Waals surface area contributed by atoms with Gasteiger partial charge >= 0.3 is 0 Å². The minimum atomic E-state index is -0.239. The summed E-state index contributed by atoms with van der Waals surface area (Å²) in [4.78, 5) is 14.6. The molecular formula is C13H27NO. The van der Waals surface area contributed by atoms with Gasteiger partial charge in [0.1, 0.15) is 0 Å². The van der Waals surface area contributed by atoms with Crippen molar-refractivity contribution < 1.29 is 4.79 Å². The molecule has 0 aliphatic rings. The van der Waals surface area contributed by atoms with E-state index in [2.05, 4.69) is 32.6 Å². The van der Waals surface area contributed by atoms with Crippen molar-refractivity contribution in [3.05, 3.63) is 0 Å². The van der Waals surface area contributed by atoms with Crippen LogP contribution in [0.25, 0.3) is 0 Å². The molecule has 2 heteroatoms. The number of rotatable bonds is 5. The summed E-state index contributed by atoms with van der Waals surface area (Å²) in [6.07, 6.45) is 0. The molecule has 0 aromatic carbocycles. The molecule has 1 atom stereocenters. The predicted molar refractivity (Wildman–Crippen MR) is 66.0 cm³/mol. The van der Waals surface area contributed by atoms with E-state index in [1.54, 1.807) is 0 Å². The summed E-state index contributed by atoms with van der Waals surface area (Å²) in [6.45, 7) is 16.4. The molecule has 0 aromatic rings. The quantitative estimate of drug-likeness (QED) is 0.700. The minimum absolute atomic E-state index is 0.0694. The van der Waals surface area contributed by atoms with Crippen LogP contribution in [0.3, 0.4) is 0 Å². The van der Waals surface area contributed by atoms with Crippen molar-refractivity contribution in [3.63, 3.8) is 0 Å². The van der Waals surface area contributed by atoms with Crippen LogP contribution in [0.5, 0.6) is 0 Å². The lowest BCUT2D eigenvalue weighted by Gasteiger charge is -2.35. The highest BCUT2D eigenvalue weighted by Crippen LogP contribution is 2.23. The molecule has 15 heavy (non-hydrogen) atoms. The maximum absolute atomic E-state index is 12.3. The van der Waals surface area contributed by atoms with Crippen LogP contribution in [0.1, 0.15) is 48.5 Å². The van der Waals surface area contributed by atoms with Gasteiger partial charge in [-0.3, -0.25) is 9.69 Å². The van der Waals surface area contributed by atoms with E-state index >= 15 is 0 Å². The molecule has 0 fully saturated rings. The van der Waals surface area contributed by atoms with Crippen LogP contribution in [-0.4, -0.2) is 29.8 Å². The van der Waals surface area contributed by atoms with Gasteiger partial charge in [0.2, 0.25) is 0 Å². The number of nitrogens with zero attached hydrogens (tertiary/aromatic N) is 1.